The molecule has 53 heavy (non-hydrogen) atoms. The third kappa shape index (κ3) is 6.18. The van der Waals surface area contributed by atoms with Crippen LogP contribution in [0.15, 0.2) is 91.0 Å². The van der Waals surface area contributed by atoms with Gasteiger partial charge in [-0.25, -0.2) is 14.7 Å². The first kappa shape index (κ1) is 35.7. The standard InChI is InChI=1S/C36H21F9N4O3S/c37-33(38,34(39,40)52-35(41,42)36(43,44)53(45,50)51)32-28-17-15-26(48-28)30(20-7-3-1-4-8-20)24-13-11-22(46-24)19-23-12-14-25(47-23)31(21-9-5-2-6-10-21)27-16-18-29(32)49-27/h1-19,46-47H. The van der Waals surface area contributed by atoms with E-state index in [0.717, 1.165) is 12.2 Å². The average molecular weight is 761 g/mol. The number of halogens is 9. The third-order valence-electron chi connectivity index (χ3n) is 8.28. The summed E-state index contributed by atoms with van der Waals surface area (Å²) in [5, 5.41) is -6.98. The Kier molecular flexibility index (Phi) is 8.41. The van der Waals surface area contributed by atoms with Gasteiger partial charge in [-0.1, -0.05) is 64.5 Å². The molecular weight excluding hydrogens is 739 g/mol. The van der Waals surface area contributed by atoms with Crippen molar-refractivity contribution in [3.05, 3.63) is 119 Å². The SMILES string of the molecule is O=S(=O)(F)C(F)(F)C(F)(F)OC(F)(F)C(F)(F)c1c2nc(c(-c3ccccc3)c3ccc(cc4ccc([nH]4)c(-c4ccccc4)c4nc1C=C4)[nH]3)C=C2. The molecule has 2 aliphatic rings. The maximum atomic E-state index is 16.3. The van der Waals surface area contributed by atoms with Gasteiger partial charge in [0.2, 0.25) is 0 Å². The summed E-state index contributed by atoms with van der Waals surface area (Å²) in [5.41, 5.74) is -0.428. The van der Waals surface area contributed by atoms with Crippen molar-refractivity contribution in [3.63, 3.8) is 0 Å². The van der Waals surface area contributed by atoms with Gasteiger partial charge in [0.25, 0.3) is 0 Å². The molecule has 5 heterocycles. The zero-order chi connectivity index (χ0) is 38.0. The topological polar surface area (TPSA) is 101 Å². The molecule has 0 saturated heterocycles. The summed E-state index contributed by atoms with van der Waals surface area (Å²) < 4.78 is 157. The molecule has 2 aromatic carbocycles. The van der Waals surface area contributed by atoms with Crippen LogP contribution in [0.1, 0.15) is 28.3 Å². The largest absolute Gasteiger partial charge is 0.464 e. The molecule has 272 valence electrons. The van der Waals surface area contributed by atoms with Crippen LogP contribution in [0, 0.1) is 0 Å². The highest BCUT2D eigenvalue weighted by Crippen LogP contribution is 2.52. The van der Waals surface area contributed by atoms with Gasteiger partial charge in [0.1, 0.15) is 0 Å². The second-order valence-corrected chi connectivity index (χ2v) is 13.1. The number of ether oxygens (including phenoxy) is 1. The first-order valence-electron chi connectivity index (χ1n) is 15.3. The minimum Gasteiger partial charge on any atom is -0.355 e. The number of hydrogen-bond acceptors (Lipinski definition) is 5. The van der Waals surface area contributed by atoms with Crippen molar-refractivity contribution >= 4 is 56.6 Å². The van der Waals surface area contributed by atoms with Crippen LogP contribution in [0.3, 0.4) is 0 Å². The molecule has 2 N–H and O–H groups in total. The highest BCUT2D eigenvalue weighted by molar-refractivity contribution is 7.87. The first-order chi connectivity index (χ1) is 24.9. The number of rotatable bonds is 8. The molecule has 0 spiro atoms. The predicted molar refractivity (Wildman–Crippen MR) is 180 cm³/mol. The van der Waals surface area contributed by atoms with Gasteiger partial charge in [-0.2, -0.15) is 43.5 Å². The number of hydrogen-bond donors (Lipinski definition) is 2. The van der Waals surface area contributed by atoms with Gasteiger partial charge in [-0.15, -0.1) is 0 Å². The van der Waals surface area contributed by atoms with E-state index in [4.69, 9.17) is 0 Å². The summed E-state index contributed by atoms with van der Waals surface area (Å²) in [4.78, 5) is 14.8. The van der Waals surface area contributed by atoms with E-state index in [2.05, 4.69) is 24.7 Å². The Hall–Kier alpha value is -5.68. The molecule has 0 unspecified atom stereocenters. The van der Waals surface area contributed by atoms with Crippen molar-refractivity contribution in [3.8, 4) is 22.3 Å². The molecule has 0 fully saturated rings. The van der Waals surface area contributed by atoms with Crippen molar-refractivity contribution in [2.24, 2.45) is 0 Å². The van der Waals surface area contributed by atoms with Gasteiger partial charge in [0.15, 0.2) is 0 Å². The Morgan fingerprint density at radius 1 is 0.547 bits per heavy atom. The molecule has 3 aromatic heterocycles. The number of fused-ring (bicyclic) bond motifs is 8. The monoisotopic (exact) mass is 760 g/mol. The van der Waals surface area contributed by atoms with Crippen LogP contribution in [0.2, 0.25) is 0 Å². The molecule has 0 radical (unpaired) electrons. The van der Waals surface area contributed by atoms with Gasteiger partial charge in [0, 0.05) is 33.2 Å². The lowest BCUT2D eigenvalue weighted by Crippen LogP contribution is -2.54. The summed E-state index contributed by atoms with van der Waals surface area (Å²) >= 11 is 0. The number of aromatic amines is 2. The fourth-order valence-electron chi connectivity index (χ4n) is 5.85. The number of alkyl halides is 8. The maximum Gasteiger partial charge on any atom is 0.464 e. The lowest BCUT2D eigenvalue weighted by atomic mass is 10.0. The van der Waals surface area contributed by atoms with Crippen LogP contribution in [0.5, 0.6) is 0 Å². The van der Waals surface area contributed by atoms with E-state index >= 15 is 17.6 Å². The Morgan fingerprint density at radius 2 is 0.962 bits per heavy atom. The zero-order valence-electron chi connectivity index (χ0n) is 26.4. The fraction of sp³-hybridized carbons (Fsp3) is 0.111. The van der Waals surface area contributed by atoms with Crippen LogP contribution in [-0.4, -0.2) is 45.8 Å². The number of nitrogens with zero attached hydrogens (tertiary/aromatic N) is 2. The summed E-state index contributed by atoms with van der Waals surface area (Å²) in [6.45, 7) is 0. The van der Waals surface area contributed by atoms with Crippen molar-refractivity contribution in [2.45, 2.75) is 23.4 Å². The molecule has 17 heteroatoms. The number of aromatic nitrogens is 4. The Labute approximate surface area is 293 Å². The third-order valence-corrected chi connectivity index (χ3v) is 9.13. The van der Waals surface area contributed by atoms with E-state index in [1.54, 1.807) is 91.0 Å². The minimum atomic E-state index is -7.64. The van der Waals surface area contributed by atoms with E-state index in [-0.39, 0.29) is 22.5 Å². The summed E-state index contributed by atoms with van der Waals surface area (Å²) in [6.07, 6.45) is -9.55. The number of nitrogens with one attached hydrogen (secondary N) is 2. The van der Waals surface area contributed by atoms with Crippen molar-refractivity contribution < 1.29 is 52.2 Å². The van der Waals surface area contributed by atoms with Crippen LogP contribution < -0.4 is 0 Å². The van der Waals surface area contributed by atoms with Crippen molar-refractivity contribution in [2.75, 3.05) is 0 Å². The van der Waals surface area contributed by atoms with Crippen molar-refractivity contribution in [1.82, 2.24) is 19.9 Å². The summed E-state index contributed by atoms with van der Waals surface area (Å²) in [6, 6.07) is 25.2. The second-order valence-electron chi connectivity index (χ2n) is 11.8. The first-order valence-corrected chi connectivity index (χ1v) is 16.7. The fourth-order valence-corrected chi connectivity index (χ4v) is 6.18. The van der Waals surface area contributed by atoms with E-state index in [1.807, 2.05) is 0 Å². The van der Waals surface area contributed by atoms with Gasteiger partial charge in [-0.05, 0) is 65.8 Å². The maximum absolute atomic E-state index is 16.3. The van der Waals surface area contributed by atoms with Crippen LogP contribution in [0.4, 0.5) is 39.0 Å². The highest BCUT2D eigenvalue weighted by atomic mass is 32.3. The summed E-state index contributed by atoms with van der Waals surface area (Å²) in [5.74, 6) is -6.01. The molecule has 5 aromatic rings. The van der Waals surface area contributed by atoms with Crippen molar-refractivity contribution in [1.29, 1.82) is 0 Å². The molecule has 2 aliphatic heterocycles. The molecule has 7 nitrogen and oxygen atoms in total. The average Bonchev–Trinajstić information content (AvgIpc) is 3.92. The molecule has 0 aliphatic carbocycles. The highest BCUT2D eigenvalue weighted by Gasteiger charge is 2.75. The Morgan fingerprint density at radius 3 is 1.38 bits per heavy atom. The lowest BCUT2D eigenvalue weighted by molar-refractivity contribution is -0.459. The van der Waals surface area contributed by atoms with Gasteiger partial charge >= 0.3 is 33.6 Å². The lowest BCUT2D eigenvalue weighted by Gasteiger charge is -2.31. The van der Waals surface area contributed by atoms with E-state index in [9.17, 15) is 29.9 Å². The molecular formula is C36H21F9N4O3S. The molecule has 8 bridgehead atoms. The van der Waals surface area contributed by atoms with Crippen LogP contribution >= 0.6 is 0 Å². The second kappa shape index (κ2) is 12.5. The van der Waals surface area contributed by atoms with E-state index in [1.165, 1.54) is 12.2 Å². The van der Waals surface area contributed by atoms with E-state index in [0.29, 0.717) is 33.2 Å². The van der Waals surface area contributed by atoms with E-state index < -0.39 is 50.6 Å². The minimum absolute atomic E-state index is 0.0740. The zero-order valence-corrected chi connectivity index (χ0v) is 27.2. The normalized spacial score (nSPS) is 13.8. The number of H-pyrrole nitrogens is 2. The molecule has 0 saturated carbocycles. The van der Waals surface area contributed by atoms with Crippen LogP contribution in [-0.2, 0) is 20.9 Å². The van der Waals surface area contributed by atoms with Crippen LogP contribution in [0.25, 0.3) is 68.6 Å². The quantitative estimate of drug-likeness (QED) is 0.119. The van der Waals surface area contributed by atoms with Gasteiger partial charge < -0.3 is 9.97 Å². The predicted octanol–water partition coefficient (Wildman–Crippen LogP) is 10.2. The molecule has 0 atom stereocenters. The smallest absolute Gasteiger partial charge is 0.355 e. The van der Waals surface area contributed by atoms with Gasteiger partial charge in [-0.3, -0.25) is 0 Å². The molecule has 0 amide bonds. The molecule has 7 rings (SSSR count). The number of benzene rings is 2. The Bertz CT molecular complexity index is 2450. The van der Waals surface area contributed by atoms with Gasteiger partial charge in [0.05, 0.1) is 28.3 Å². The Balaban J connectivity index is 1.59. The summed E-state index contributed by atoms with van der Waals surface area (Å²) in [7, 11) is -7.64.